The molecule has 0 aliphatic rings. The molecule has 1 N–H and O–H groups in total. The average molecular weight is 410 g/mol. The van der Waals surface area contributed by atoms with Crippen LogP contribution in [0.15, 0.2) is 53.9 Å². The first-order valence-electron chi connectivity index (χ1n) is 8.79. The van der Waals surface area contributed by atoms with E-state index in [0.717, 1.165) is 0 Å². The molecule has 0 spiro atoms. The van der Waals surface area contributed by atoms with Gasteiger partial charge in [0.1, 0.15) is 11.4 Å². The van der Waals surface area contributed by atoms with Gasteiger partial charge in [0.2, 0.25) is 0 Å². The van der Waals surface area contributed by atoms with Gasteiger partial charge in [-0.05, 0) is 61.7 Å². The second-order valence-corrected chi connectivity index (χ2v) is 6.84. The number of nitrogens with one attached hydrogen (secondary N) is 1. The Labute approximate surface area is 171 Å². The quantitative estimate of drug-likeness (QED) is 0.486. The van der Waals surface area contributed by atoms with Crippen LogP contribution < -0.4 is 10.1 Å². The Balaban J connectivity index is 1.64. The average Bonchev–Trinajstić information content (AvgIpc) is 3.24. The van der Waals surface area contributed by atoms with Crippen molar-refractivity contribution in [2.45, 2.75) is 13.8 Å². The second kappa shape index (κ2) is 9.11. The van der Waals surface area contributed by atoms with Crippen LogP contribution in [0.5, 0.6) is 5.75 Å². The van der Waals surface area contributed by atoms with Crippen molar-refractivity contribution in [2.75, 3.05) is 11.9 Å². The number of anilines is 1. The number of nitrogens with zero attached hydrogens (tertiary/aromatic N) is 1. The minimum atomic E-state index is -0.654. The Bertz CT molecular complexity index is 1030. The molecule has 0 radical (unpaired) electrons. The normalized spacial score (nSPS) is 10.3. The number of carbonyl (C=O) groups excluding carboxylic acids is 3. The van der Waals surface area contributed by atoms with Gasteiger partial charge >= 0.3 is 11.9 Å². The molecule has 1 aromatic carbocycles. The van der Waals surface area contributed by atoms with E-state index < -0.39 is 11.9 Å². The van der Waals surface area contributed by atoms with Crippen LogP contribution in [0.4, 0.5) is 5.69 Å². The second-order valence-electron chi connectivity index (χ2n) is 5.90. The van der Waals surface area contributed by atoms with Crippen molar-refractivity contribution in [2.24, 2.45) is 0 Å². The lowest BCUT2D eigenvalue weighted by Gasteiger charge is -2.08. The lowest BCUT2D eigenvalue weighted by molar-refractivity contribution is 0.0523. The fraction of sp³-hybridized carbons (Fsp3) is 0.143. The minimum absolute atomic E-state index is 0.0747. The number of aromatic nitrogens is 1. The Kier molecular flexibility index (Phi) is 6.36. The largest absolute Gasteiger partial charge is 0.462 e. The van der Waals surface area contributed by atoms with Gasteiger partial charge in [-0.15, -0.1) is 11.3 Å². The molecule has 3 rings (SSSR count). The number of aryl methyl sites for hydroxylation is 1. The van der Waals surface area contributed by atoms with E-state index >= 15 is 0 Å². The lowest BCUT2D eigenvalue weighted by Crippen LogP contribution is -2.14. The predicted molar refractivity (Wildman–Crippen MR) is 109 cm³/mol. The molecule has 3 aromatic rings. The van der Waals surface area contributed by atoms with Crippen LogP contribution in [-0.4, -0.2) is 29.4 Å². The summed E-state index contributed by atoms with van der Waals surface area (Å²) in [6.45, 7) is 3.59. The van der Waals surface area contributed by atoms with Gasteiger partial charge in [0.05, 0.1) is 22.7 Å². The number of benzene rings is 1. The number of ether oxygens (including phenoxy) is 2. The van der Waals surface area contributed by atoms with Crippen molar-refractivity contribution in [3.63, 3.8) is 0 Å². The molecule has 0 saturated carbocycles. The highest BCUT2D eigenvalue weighted by Crippen LogP contribution is 2.19. The molecule has 0 atom stereocenters. The van der Waals surface area contributed by atoms with Crippen LogP contribution in [0.25, 0.3) is 0 Å². The van der Waals surface area contributed by atoms with Gasteiger partial charge < -0.3 is 14.8 Å². The van der Waals surface area contributed by atoms with Crippen molar-refractivity contribution in [1.82, 2.24) is 4.98 Å². The van der Waals surface area contributed by atoms with Crippen molar-refractivity contribution < 1.29 is 23.9 Å². The predicted octanol–water partition coefficient (Wildman–Crippen LogP) is 4.10. The summed E-state index contributed by atoms with van der Waals surface area (Å²) in [6.07, 6.45) is 0. The minimum Gasteiger partial charge on any atom is -0.462 e. The van der Waals surface area contributed by atoms with Gasteiger partial charge in [-0.2, -0.15) is 0 Å². The third-order valence-electron chi connectivity index (χ3n) is 3.86. The Morgan fingerprint density at radius 3 is 2.41 bits per heavy atom. The zero-order valence-electron chi connectivity index (χ0n) is 15.8. The van der Waals surface area contributed by atoms with Gasteiger partial charge in [0.15, 0.2) is 0 Å². The zero-order chi connectivity index (χ0) is 20.8. The first kappa shape index (κ1) is 20.2. The summed E-state index contributed by atoms with van der Waals surface area (Å²) in [5.41, 5.74) is 1.33. The molecule has 29 heavy (non-hydrogen) atoms. The Morgan fingerprint density at radius 2 is 1.79 bits per heavy atom. The van der Waals surface area contributed by atoms with Gasteiger partial charge in [0, 0.05) is 5.69 Å². The summed E-state index contributed by atoms with van der Waals surface area (Å²) in [5, 5.41) is 4.59. The molecule has 0 fully saturated rings. The van der Waals surface area contributed by atoms with Crippen LogP contribution in [0.2, 0.25) is 0 Å². The van der Waals surface area contributed by atoms with Gasteiger partial charge in [-0.3, -0.25) is 4.79 Å². The van der Waals surface area contributed by atoms with Gasteiger partial charge in [-0.1, -0.05) is 6.07 Å². The number of esters is 2. The highest BCUT2D eigenvalue weighted by Gasteiger charge is 2.16. The maximum absolute atomic E-state index is 12.3. The molecule has 7 nitrogen and oxygen atoms in total. The molecule has 2 aromatic heterocycles. The third kappa shape index (κ3) is 5.05. The maximum atomic E-state index is 12.3. The highest BCUT2D eigenvalue weighted by atomic mass is 32.1. The van der Waals surface area contributed by atoms with Crippen LogP contribution in [0.1, 0.15) is 43.1 Å². The molecule has 8 heteroatoms. The monoisotopic (exact) mass is 410 g/mol. The van der Waals surface area contributed by atoms with E-state index in [1.807, 2.05) is 5.38 Å². The summed E-state index contributed by atoms with van der Waals surface area (Å²) >= 11 is 1.35. The van der Waals surface area contributed by atoms with E-state index in [-0.39, 0.29) is 18.2 Å². The summed E-state index contributed by atoms with van der Waals surface area (Å²) in [6, 6.07) is 12.9. The topological polar surface area (TPSA) is 94.6 Å². The molecule has 1 amide bonds. The molecule has 148 valence electrons. The van der Waals surface area contributed by atoms with Crippen LogP contribution in [0.3, 0.4) is 0 Å². The van der Waals surface area contributed by atoms with E-state index in [1.54, 1.807) is 50.2 Å². The van der Waals surface area contributed by atoms with Crippen molar-refractivity contribution >= 4 is 34.9 Å². The van der Waals surface area contributed by atoms with Gasteiger partial charge in [0.25, 0.3) is 5.91 Å². The van der Waals surface area contributed by atoms with Crippen LogP contribution >= 0.6 is 11.3 Å². The SMILES string of the molecule is CCOC(=O)c1ccc(C(=O)Oc2ccc(NC(=O)c3cccs3)cc2)nc1C. The van der Waals surface area contributed by atoms with E-state index in [9.17, 15) is 14.4 Å². The fourth-order valence-corrected chi connectivity index (χ4v) is 3.08. The molecular weight excluding hydrogens is 392 g/mol. The first-order valence-corrected chi connectivity index (χ1v) is 9.67. The van der Waals surface area contributed by atoms with Gasteiger partial charge in [-0.25, -0.2) is 14.6 Å². The Morgan fingerprint density at radius 1 is 1.03 bits per heavy atom. The van der Waals surface area contributed by atoms with E-state index in [1.165, 1.54) is 23.5 Å². The lowest BCUT2D eigenvalue weighted by atomic mass is 10.2. The molecule has 2 heterocycles. The van der Waals surface area contributed by atoms with Crippen molar-refractivity contribution in [1.29, 1.82) is 0 Å². The summed E-state index contributed by atoms with van der Waals surface area (Å²) in [5.74, 6) is -1.04. The van der Waals surface area contributed by atoms with E-state index in [4.69, 9.17) is 9.47 Å². The molecule has 0 unspecified atom stereocenters. The van der Waals surface area contributed by atoms with Crippen molar-refractivity contribution in [3.8, 4) is 5.75 Å². The molecule has 0 aliphatic heterocycles. The summed E-state index contributed by atoms with van der Waals surface area (Å²) < 4.78 is 10.2. The van der Waals surface area contributed by atoms with Crippen molar-refractivity contribution in [3.05, 3.63) is 75.7 Å². The van der Waals surface area contributed by atoms with Crippen LogP contribution in [-0.2, 0) is 4.74 Å². The number of carbonyl (C=O) groups is 3. The number of hydrogen-bond acceptors (Lipinski definition) is 7. The summed E-state index contributed by atoms with van der Waals surface area (Å²) in [4.78, 5) is 40.9. The number of thiophene rings is 1. The standard InChI is InChI=1S/C21H18N2O5S/c1-3-27-20(25)16-10-11-17(22-13(16)2)21(26)28-15-8-6-14(7-9-15)23-19(24)18-5-4-12-29-18/h4-12H,3H2,1-2H3,(H,23,24). The number of pyridine rings is 1. The number of hydrogen-bond donors (Lipinski definition) is 1. The molecule has 0 aliphatic carbocycles. The maximum Gasteiger partial charge on any atom is 0.362 e. The molecular formula is C21H18N2O5S. The zero-order valence-corrected chi connectivity index (χ0v) is 16.6. The third-order valence-corrected chi connectivity index (χ3v) is 4.73. The number of amides is 1. The first-order chi connectivity index (χ1) is 14.0. The highest BCUT2D eigenvalue weighted by molar-refractivity contribution is 7.12. The Hall–Kier alpha value is -3.52. The summed E-state index contributed by atoms with van der Waals surface area (Å²) in [7, 11) is 0. The van der Waals surface area contributed by atoms with Crippen LogP contribution in [0, 0.1) is 6.92 Å². The van der Waals surface area contributed by atoms with E-state index in [2.05, 4.69) is 10.3 Å². The molecule has 0 saturated heterocycles. The number of rotatable bonds is 6. The smallest absolute Gasteiger partial charge is 0.362 e. The fourth-order valence-electron chi connectivity index (χ4n) is 2.47. The van der Waals surface area contributed by atoms with E-state index in [0.29, 0.717) is 27.6 Å². The molecule has 0 bridgehead atoms.